The van der Waals surface area contributed by atoms with Crippen molar-refractivity contribution < 1.29 is 13.6 Å². The minimum atomic E-state index is -2.70. The first kappa shape index (κ1) is 11.0. The molecule has 0 saturated carbocycles. The number of aromatic nitrogens is 2. The van der Waals surface area contributed by atoms with E-state index in [-0.39, 0.29) is 11.5 Å². The summed E-state index contributed by atoms with van der Waals surface area (Å²) >= 11 is 0. The van der Waals surface area contributed by atoms with Gasteiger partial charge in [-0.3, -0.25) is 4.79 Å². The lowest BCUT2D eigenvalue weighted by Gasteiger charge is -2.26. The molecule has 1 amide bonds. The molecule has 0 spiro atoms. The van der Waals surface area contributed by atoms with E-state index in [0.717, 1.165) is 19.3 Å². The Balaban J connectivity index is 2.07. The number of carbonyl (C=O) groups is 1. The molecule has 0 atom stereocenters. The summed E-state index contributed by atoms with van der Waals surface area (Å²) in [4.78, 5) is 13.5. The van der Waals surface area contributed by atoms with E-state index in [4.69, 9.17) is 0 Å². The Kier molecular flexibility index (Phi) is 3.14. The van der Waals surface area contributed by atoms with E-state index in [1.165, 1.54) is 6.20 Å². The summed E-state index contributed by atoms with van der Waals surface area (Å²) in [5, 5.41) is 6.54. The Morgan fingerprint density at radius 1 is 1.44 bits per heavy atom. The van der Waals surface area contributed by atoms with Crippen molar-refractivity contribution in [3.8, 4) is 0 Å². The molecule has 0 aliphatic carbocycles. The lowest BCUT2D eigenvalue weighted by atomic mass is 10.2. The van der Waals surface area contributed by atoms with Crippen LogP contribution in [0.2, 0.25) is 0 Å². The first-order valence-electron chi connectivity index (χ1n) is 5.01. The van der Waals surface area contributed by atoms with E-state index in [1.807, 2.05) is 0 Å². The zero-order chi connectivity index (χ0) is 11.5. The van der Waals surface area contributed by atoms with Crippen LogP contribution in [0.25, 0.3) is 0 Å². The summed E-state index contributed by atoms with van der Waals surface area (Å²) in [6.07, 6.45) is 2.26. The van der Waals surface area contributed by atoms with E-state index in [0.29, 0.717) is 17.8 Å². The van der Waals surface area contributed by atoms with Gasteiger partial charge in [-0.15, -0.1) is 0 Å². The van der Waals surface area contributed by atoms with Gasteiger partial charge in [-0.05, 0) is 0 Å². The minimum absolute atomic E-state index is 0.210. The SMILES string of the molecule is O=C(c1cnn(C(F)F)c1)N1CCNCC1. The number of piperazine rings is 1. The van der Waals surface area contributed by atoms with Crippen molar-refractivity contribution in [2.45, 2.75) is 6.55 Å². The summed E-state index contributed by atoms with van der Waals surface area (Å²) in [7, 11) is 0. The van der Waals surface area contributed by atoms with E-state index in [2.05, 4.69) is 10.4 Å². The zero-order valence-electron chi connectivity index (χ0n) is 8.57. The Labute approximate surface area is 91.0 Å². The second-order valence-corrected chi connectivity index (χ2v) is 3.53. The first-order chi connectivity index (χ1) is 7.68. The topological polar surface area (TPSA) is 50.2 Å². The third kappa shape index (κ3) is 2.19. The molecule has 0 unspecified atom stereocenters. The molecular weight excluding hydrogens is 218 g/mol. The van der Waals surface area contributed by atoms with Crippen molar-refractivity contribution in [1.29, 1.82) is 0 Å². The van der Waals surface area contributed by atoms with Crippen LogP contribution in [0.5, 0.6) is 0 Å². The summed E-state index contributed by atoms with van der Waals surface area (Å²) in [5.41, 5.74) is 0.210. The predicted octanol–water partition coefficient (Wildman–Crippen LogP) is 0.324. The molecule has 7 heteroatoms. The molecule has 1 saturated heterocycles. The van der Waals surface area contributed by atoms with Gasteiger partial charge >= 0.3 is 6.55 Å². The van der Waals surface area contributed by atoms with Crippen molar-refractivity contribution in [3.63, 3.8) is 0 Å². The van der Waals surface area contributed by atoms with Gasteiger partial charge in [0.25, 0.3) is 5.91 Å². The molecule has 1 aromatic heterocycles. The third-order valence-corrected chi connectivity index (χ3v) is 2.45. The van der Waals surface area contributed by atoms with Gasteiger partial charge in [0.2, 0.25) is 0 Å². The average molecular weight is 230 g/mol. The highest BCUT2D eigenvalue weighted by molar-refractivity contribution is 5.93. The summed E-state index contributed by atoms with van der Waals surface area (Å²) in [6, 6.07) is 0. The fourth-order valence-electron chi connectivity index (χ4n) is 1.61. The molecule has 0 radical (unpaired) electrons. The number of hydrogen-bond acceptors (Lipinski definition) is 3. The minimum Gasteiger partial charge on any atom is -0.336 e. The number of rotatable bonds is 2. The molecule has 1 aliphatic heterocycles. The number of hydrogen-bond donors (Lipinski definition) is 1. The zero-order valence-corrected chi connectivity index (χ0v) is 8.57. The summed E-state index contributed by atoms with van der Waals surface area (Å²) in [5.74, 6) is -0.242. The highest BCUT2D eigenvalue weighted by Gasteiger charge is 2.20. The maximum Gasteiger partial charge on any atom is 0.333 e. The number of alkyl halides is 2. The van der Waals surface area contributed by atoms with E-state index < -0.39 is 6.55 Å². The fraction of sp³-hybridized carbons (Fsp3) is 0.556. The molecule has 1 aliphatic rings. The molecule has 2 rings (SSSR count). The van der Waals surface area contributed by atoms with Crippen LogP contribution >= 0.6 is 0 Å². The standard InChI is InChI=1S/C9H12F2N4O/c10-9(11)15-6-7(5-13-15)8(16)14-3-1-12-2-4-14/h5-6,9,12H,1-4H2. The third-order valence-electron chi connectivity index (χ3n) is 2.45. The van der Waals surface area contributed by atoms with Crippen LogP contribution in [0.4, 0.5) is 8.78 Å². The van der Waals surface area contributed by atoms with Gasteiger partial charge in [0.1, 0.15) is 0 Å². The van der Waals surface area contributed by atoms with Crippen LogP contribution < -0.4 is 5.32 Å². The molecule has 2 heterocycles. The van der Waals surface area contributed by atoms with Crippen LogP contribution in [0.1, 0.15) is 16.9 Å². The number of nitrogens with zero attached hydrogens (tertiary/aromatic N) is 3. The molecule has 0 bridgehead atoms. The van der Waals surface area contributed by atoms with Crippen LogP contribution in [0, 0.1) is 0 Å². The van der Waals surface area contributed by atoms with Crippen molar-refractivity contribution >= 4 is 5.91 Å². The first-order valence-corrected chi connectivity index (χ1v) is 5.01. The molecular formula is C9H12F2N4O. The van der Waals surface area contributed by atoms with Gasteiger partial charge in [0.15, 0.2) is 0 Å². The normalized spacial score (nSPS) is 16.8. The van der Waals surface area contributed by atoms with Gasteiger partial charge in [-0.25, -0.2) is 4.68 Å². The highest BCUT2D eigenvalue weighted by atomic mass is 19.3. The molecule has 1 N–H and O–H groups in total. The number of carbonyl (C=O) groups excluding carboxylic acids is 1. The molecule has 88 valence electrons. The Bertz CT molecular complexity index is 373. The lowest BCUT2D eigenvalue weighted by Crippen LogP contribution is -2.46. The van der Waals surface area contributed by atoms with Crippen molar-refractivity contribution in [2.24, 2.45) is 0 Å². The Morgan fingerprint density at radius 2 is 2.12 bits per heavy atom. The van der Waals surface area contributed by atoms with Gasteiger partial charge in [-0.2, -0.15) is 13.9 Å². The Hall–Kier alpha value is -1.50. The van der Waals surface area contributed by atoms with Crippen LogP contribution in [0.3, 0.4) is 0 Å². The molecule has 1 fully saturated rings. The number of amides is 1. The number of nitrogens with one attached hydrogen (secondary N) is 1. The predicted molar refractivity (Wildman–Crippen MR) is 52.3 cm³/mol. The van der Waals surface area contributed by atoms with Crippen molar-refractivity contribution in [2.75, 3.05) is 26.2 Å². The average Bonchev–Trinajstić information content (AvgIpc) is 2.78. The van der Waals surface area contributed by atoms with Gasteiger partial charge < -0.3 is 10.2 Å². The van der Waals surface area contributed by atoms with Crippen molar-refractivity contribution in [3.05, 3.63) is 18.0 Å². The lowest BCUT2D eigenvalue weighted by molar-refractivity contribution is 0.0563. The van der Waals surface area contributed by atoms with E-state index in [1.54, 1.807) is 4.90 Å². The summed E-state index contributed by atoms with van der Waals surface area (Å²) in [6.45, 7) is -0.0505. The number of halogens is 2. The Morgan fingerprint density at radius 3 is 2.69 bits per heavy atom. The largest absolute Gasteiger partial charge is 0.336 e. The van der Waals surface area contributed by atoms with Crippen LogP contribution in [0.15, 0.2) is 12.4 Å². The molecule has 16 heavy (non-hydrogen) atoms. The second kappa shape index (κ2) is 4.56. The fourth-order valence-corrected chi connectivity index (χ4v) is 1.61. The van der Waals surface area contributed by atoms with E-state index >= 15 is 0 Å². The van der Waals surface area contributed by atoms with E-state index in [9.17, 15) is 13.6 Å². The highest BCUT2D eigenvalue weighted by Crippen LogP contribution is 2.11. The molecule has 5 nitrogen and oxygen atoms in total. The molecule has 1 aromatic rings. The smallest absolute Gasteiger partial charge is 0.333 e. The second-order valence-electron chi connectivity index (χ2n) is 3.53. The van der Waals surface area contributed by atoms with Crippen LogP contribution in [-0.4, -0.2) is 46.8 Å². The van der Waals surface area contributed by atoms with Gasteiger partial charge in [0.05, 0.1) is 11.8 Å². The van der Waals surface area contributed by atoms with Crippen molar-refractivity contribution in [1.82, 2.24) is 20.0 Å². The molecule has 0 aromatic carbocycles. The van der Waals surface area contributed by atoms with Crippen LogP contribution in [-0.2, 0) is 0 Å². The quantitative estimate of drug-likeness (QED) is 0.796. The summed E-state index contributed by atoms with van der Waals surface area (Å²) < 4.78 is 25.0. The maximum atomic E-state index is 12.3. The monoisotopic (exact) mass is 230 g/mol. The maximum absolute atomic E-state index is 12.3. The van der Waals surface area contributed by atoms with Gasteiger partial charge in [0, 0.05) is 32.4 Å². The van der Waals surface area contributed by atoms with Gasteiger partial charge in [-0.1, -0.05) is 0 Å².